The van der Waals surface area contributed by atoms with Crippen molar-refractivity contribution in [3.63, 3.8) is 0 Å². The van der Waals surface area contributed by atoms with Crippen molar-refractivity contribution >= 4 is 38.8 Å². The SMILES string of the molecule is CCOC(=O)NC(CCS[Si](C)(C)C(C)(C)C)C(=O)O[Si](C)(C)C(C)(C)C. The molecule has 0 fully saturated rings. The second kappa shape index (κ2) is 9.83. The third kappa shape index (κ3) is 8.60. The van der Waals surface area contributed by atoms with Crippen LogP contribution in [-0.2, 0) is 14.0 Å². The van der Waals surface area contributed by atoms with E-state index in [1.54, 1.807) is 6.92 Å². The summed E-state index contributed by atoms with van der Waals surface area (Å²) >= 11 is 1.95. The molecular formula is C19H41NO4SSi2. The van der Waals surface area contributed by atoms with Crippen molar-refractivity contribution in [3.05, 3.63) is 0 Å². The number of hydrogen-bond acceptors (Lipinski definition) is 5. The highest BCUT2D eigenvalue weighted by atomic mass is 32.4. The first-order valence-corrected chi connectivity index (χ1v) is 17.4. The average Bonchev–Trinajstić information content (AvgIpc) is 2.43. The van der Waals surface area contributed by atoms with Crippen LogP contribution in [0.15, 0.2) is 0 Å². The van der Waals surface area contributed by atoms with Gasteiger partial charge in [0.05, 0.1) is 6.61 Å². The summed E-state index contributed by atoms with van der Waals surface area (Å²) in [5.41, 5.74) is 0. The number of ether oxygens (including phenoxy) is 1. The van der Waals surface area contributed by atoms with Gasteiger partial charge in [-0.2, -0.15) is 11.2 Å². The topological polar surface area (TPSA) is 64.6 Å². The van der Waals surface area contributed by atoms with Gasteiger partial charge in [0.2, 0.25) is 0 Å². The van der Waals surface area contributed by atoms with Gasteiger partial charge in [-0.3, -0.25) is 4.79 Å². The molecule has 0 heterocycles. The number of rotatable bonds is 8. The van der Waals surface area contributed by atoms with E-state index in [0.29, 0.717) is 6.42 Å². The molecular weight excluding hydrogens is 394 g/mol. The minimum absolute atomic E-state index is 0.0764. The molecule has 27 heavy (non-hydrogen) atoms. The molecule has 1 atom stereocenters. The van der Waals surface area contributed by atoms with Crippen molar-refractivity contribution in [3.8, 4) is 0 Å². The molecule has 0 aliphatic carbocycles. The van der Waals surface area contributed by atoms with E-state index in [2.05, 4.69) is 60.0 Å². The van der Waals surface area contributed by atoms with E-state index in [1.165, 1.54) is 0 Å². The van der Waals surface area contributed by atoms with E-state index >= 15 is 0 Å². The minimum atomic E-state index is -2.25. The van der Waals surface area contributed by atoms with Crippen LogP contribution in [-0.4, -0.2) is 46.0 Å². The van der Waals surface area contributed by atoms with Crippen molar-refractivity contribution in [2.75, 3.05) is 12.4 Å². The van der Waals surface area contributed by atoms with Gasteiger partial charge in [-0.15, -0.1) is 0 Å². The summed E-state index contributed by atoms with van der Waals surface area (Å²) in [6.45, 7) is 23.9. The molecule has 0 aromatic carbocycles. The molecule has 0 spiro atoms. The van der Waals surface area contributed by atoms with E-state index < -0.39 is 27.7 Å². The van der Waals surface area contributed by atoms with Gasteiger partial charge in [0, 0.05) is 0 Å². The summed E-state index contributed by atoms with van der Waals surface area (Å²) in [4.78, 5) is 24.8. The Morgan fingerprint density at radius 1 is 1.00 bits per heavy atom. The van der Waals surface area contributed by atoms with Crippen LogP contribution in [0.25, 0.3) is 0 Å². The summed E-state index contributed by atoms with van der Waals surface area (Å²) in [5, 5.41) is 2.90. The molecule has 0 aromatic heterocycles. The Morgan fingerprint density at radius 2 is 1.52 bits per heavy atom. The lowest BCUT2D eigenvalue weighted by Gasteiger charge is -2.37. The van der Waals surface area contributed by atoms with Crippen molar-refractivity contribution in [2.45, 2.75) is 97.2 Å². The fourth-order valence-corrected chi connectivity index (χ4v) is 7.12. The van der Waals surface area contributed by atoms with Crippen LogP contribution < -0.4 is 5.32 Å². The molecule has 0 aromatic rings. The summed E-state index contributed by atoms with van der Waals surface area (Å²) < 4.78 is 10.9. The summed E-state index contributed by atoms with van der Waals surface area (Å²) in [5.74, 6) is 0.464. The standard InChI is InChI=1S/C19H41NO4SSi2/c1-12-23-17(22)20-15(13-14-25-27(10,11)19(5,6)7)16(21)24-26(8,9)18(2,3)4/h15H,12-14H2,1-11H3,(H,20,22). The minimum Gasteiger partial charge on any atom is -0.518 e. The Bertz CT molecular complexity index is 511. The first-order valence-electron chi connectivity index (χ1n) is 9.74. The third-order valence-corrected chi connectivity index (χ3v) is 19.4. The Hall–Kier alpha value is -0.476. The Balaban J connectivity index is 5.13. The summed E-state index contributed by atoms with van der Waals surface area (Å²) in [6.07, 6.45) is -0.0179. The third-order valence-electron chi connectivity index (χ3n) is 5.69. The zero-order chi connectivity index (χ0) is 21.7. The molecule has 0 aliphatic rings. The highest BCUT2D eigenvalue weighted by molar-refractivity contribution is 8.29. The molecule has 0 aliphatic heterocycles. The van der Waals surface area contributed by atoms with Crippen molar-refractivity contribution in [2.24, 2.45) is 0 Å². The van der Waals surface area contributed by atoms with Crippen LogP contribution in [0, 0.1) is 0 Å². The van der Waals surface area contributed by atoms with E-state index in [0.717, 1.165) is 5.75 Å². The number of amides is 1. The highest BCUT2D eigenvalue weighted by Gasteiger charge is 2.42. The van der Waals surface area contributed by atoms with Gasteiger partial charge < -0.3 is 14.5 Å². The summed E-state index contributed by atoms with van der Waals surface area (Å²) in [6, 6.07) is -0.671. The van der Waals surface area contributed by atoms with Crippen LogP contribution in [0.1, 0.15) is 54.9 Å². The van der Waals surface area contributed by atoms with Crippen molar-refractivity contribution in [1.29, 1.82) is 0 Å². The molecule has 0 bridgehead atoms. The number of hydrogen-bond donors (Lipinski definition) is 1. The van der Waals surface area contributed by atoms with E-state index in [4.69, 9.17) is 9.16 Å². The van der Waals surface area contributed by atoms with Crippen molar-refractivity contribution in [1.82, 2.24) is 5.32 Å². The molecule has 0 rings (SSSR count). The van der Waals surface area contributed by atoms with Gasteiger partial charge in [-0.05, 0) is 42.3 Å². The predicted octanol–water partition coefficient (Wildman–Crippen LogP) is 5.78. The summed E-state index contributed by atoms with van der Waals surface area (Å²) in [7, 11) is -3.75. The Morgan fingerprint density at radius 3 is 1.93 bits per heavy atom. The van der Waals surface area contributed by atoms with Gasteiger partial charge in [-0.25, -0.2) is 4.79 Å². The number of carbonyl (C=O) groups is 2. The normalized spacial score (nSPS) is 14.5. The fourth-order valence-electron chi connectivity index (χ4n) is 1.69. The Labute approximate surface area is 172 Å². The maximum absolute atomic E-state index is 12.8. The largest absolute Gasteiger partial charge is 0.518 e. The smallest absolute Gasteiger partial charge is 0.407 e. The molecule has 1 N–H and O–H groups in total. The molecule has 0 saturated carbocycles. The second-order valence-electron chi connectivity index (χ2n) is 10.00. The molecule has 0 saturated heterocycles. The first-order chi connectivity index (χ1) is 11.9. The van der Waals surface area contributed by atoms with Crippen LogP contribution in [0.4, 0.5) is 4.79 Å². The van der Waals surface area contributed by atoms with Gasteiger partial charge in [-0.1, -0.05) is 54.6 Å². The number of carbonyl (C=O) groups excluding carboxylic acids is 2. The molecule has 8 heteroatoms. The lowest BCUT2D eigenvalue weighted by molar-refractivity contribution is -0.137. The van der Waals surface area contributed by atoms with E-state index in [1.807, 2.05) is 24.3 Å². The van der Waals surface area contributed by atoms with Gasteiger partial charge in [0.25, 0.3) is 8.32 Å². The van der Waals surface area contributed by atoms with Crippen LogP contribution >= 0.6 is 11.2 Å². The molecule has 5 nitrogen and oxygen atoms in total. The number of alkyl carbamates (subject to hydrolysis) is 1. The van der Waals surface area contributed by atoms with E-state index in [-0.39, 0.29) is 22.7 Å². The predicted molar refractivity (Wildman–Crippen MR) is 122 cm³/mol. The molecule has 0 radical (unpaired) electrons. The first kappa shape index (κ1) is 26.5. The zero-order valence-corrected chi connectivity index (χ0v) is 22.1. The monoisotopic (exact) mass is 435 g/mol. The Kier molecular flexibility index (Phi) is 9.65. The maximum atomic E-state index is 12.8. The lowest BCUT2D eigenvalue weighted by Crippen LogP contribution is -2.50. The highest BCUT2D eigenvalue weighted by Crippen LogP contribution is 2.43. The van der Waals surface area contributed by atoms with Crippen LogP contribution in [0.5, 0.6) is 0 Å². The molecule has 160 valence electrons. The quantitative estimate of drug-likeness (QED) is 0.490. The number of nitrogens with one attached hydrogen (secondary N) is 1. The van der Waals surface area contributed by atoms with Gasteiger partial charge in [0.1, 0.15) is 13.3 Å². The van der Waals surface area contributed by atoms with Gasteiger partial charge in [0.15, 0.2) is 0 Å². The van der Waals surface area contributed by atoms with Crippen LogP contribution in [0.2, 0.25) is 36.3 Å². The lowest BCUT2D eigenvalue weighted by atomic mass is 10.2. The maximum Gasteiger partial charge on any atom is 0.407 e. The van der Waals surface area contributed by atoms with Crippen molar-refractivity contribution < 1.29 is 18.8 Å². The van der Waals surface area contributed by atoms with Crippen LogP contribution in [0.3, 0.4) is 0 Å². The molecule has 1 amide bonds. The fraction of sp³-hybridized carbons (Fsp3) is 0.895. The van der Waals surface area contributed by atoms with Gasteiger partial charge >= 0.3 is 12.1 Å². The van der Waals surface area contributed by atoms with E-state index in [9.17, 15) is 9.59 Å². The molecule has 1 unspecified atom stereocenters. The average molecular weight is 436 g/mol. The zero-order valence-electron chi connectivity index (χ0n) is 19.2. The second-order valence-corrected chi connectivity index (χ2v) is 23.9.